The van der Waals surface area contributed by atoms with Gasteiger partial charge < -0.3 is 19.7 Å². The fourth-order valence-electron chi connectivity index (χ4n) is 3.56. The van der Waals surface area contributed by atoms with Gasteiger partial charge in [0.25, 0.3) is 5.56 Å². The summed E-state index contributed by atoms with van der Waals surface area (Å²) in [5.41, 5.74) is 0.00948. The maximum Gasteiger partial charge on any atom is 0.416 e. The van der Waals surface area contributed by atoms with Gasteiger partial charge in [0.1, 0.15) is 5.82 Å². The number of aromatic nitrogens is 2. The van der Waals surface area contributed by atoms with Crippen LogP contribution in [0, 0.1) is 0 Å². The van der Waals surface area contributed by atoms with Crippen LogP contribution < -0.4 is 10.9 Å². The average molecular weight is 419 g/mol. The monoisotopic (exact) mass is 419 g/mol. The van der Waals surface area contributed by atoms with Crippen molar-refractivity contribution < 1.29 is 23.0 Å². The quantitative estimate of drug-likeness (QED) is 0.682. The van der Waals surface area contributed by atoms with Gasteiger partial charge in [-0.05, 0) is 30.2 Å². The molecule has 2 atom stereocenters. The predicted molar refractivity (Wildman–Crippen MR) is 106 cm³/mol. The van der Waals surface area contributed by atoms with Gasteiger partial charge in [-0.2, -0.15) is 13.2 Å². The standard InChI is InChI=1S/C21H20F3N3O3/c1-27-8-6-14-15(12-2-4-13(5-3-12)21(22,23)24)10-25-19(18(14)20(27)29)26-16-11-30-9-7-17(16)28/h2-6,8,10,16-17,28H,7,9,11H2,1H3,(H,25,26)/t16-,17+/m1/s1. The van der Waals surface area contributed by atoms with Gasteiger partial charge in [0.15, 0.2) is 0 Å². The molecule has 3 aromatic rings. The van der Waals surface area contributed by atoms with E-state index in [4.69, 9.17) is 4.74 Å². The largest absolute Gasteiger partial charge is 0.416 e. The molecule has 0 radical (unpaired) electrons. The number of alkyl halides is 3. The zero-order valence-corrected chi connectivity index (χ0v) is 16.1. The Morgan fingerprint density at radius 3 is 2.63 bits per heavy atom. The molecule has 6 nitrogen and oxygen atoms in total. The van der Waals surface area contributed by atoms with Crippen molar-refractivity contribution in [1.82, 2.24) is 9.55 Å². The Kier molecular flexibility index (Phi) is 5.25. The van der Waals surface area contributed by atoms with E-state index in [2.05, 4.69) is 10.3 Å². The number of ether oxygens (including phenoxy) is 1. The number of nitrogens with zero attached hydrogens (tertiary/aromatic N) is 2. The second-order valence-electron chi connectivity index (χ2n) is 7.30. The molecule has 0 unspecified atom stereocenters. The average Bonchev–Trinajstić information content (AvgIpc) is 2.72. The number of hydrogen-bond acceptors (Lipinski definition) is 5. The minimum Gasteiger partial charge on any atom is -0.391 e. The van der Waals surface area contributed by atoms with Crippen molar-refractivity contribution in [3.63, 3.8) is 0 Å². The maximum atomic E-state index is 12.9. The third kappa shape index (κ3) is 3.78. The van der Waals surface area contributed by atoms with Crippen molar-refractivity contribution >= 4 is 16.6 Å². The van der Waals surface area contributed by atoms with Gasteiger partial charge in [-0.15, -0.1) is 0 Å². The van der Waals surface area contributed by atoms with Crippen LogP contribution in [0.15, 0.2) is 47.5 Å². The molecule has 30 heavy (non-hydrogen) atoms. The van der Waals surface area contributed by atoms with Gasteiger partial charge >= 0.3 is 6.18 Å². The van der Waals surface area contributed by atoms with Gasteiger partial charge in [-0.1, -0.05) is 12.1 Å². The lowest BCUT2D eigenvalue weighted by molar-refractivity contribution is -0.137. The van der Waals surface area contributed by atoms with Crippen LogP contribution in [0.5, 0.6) is 0 Å². The van der Waals surface area contributed by atoms with E-state index in [9.17, 15) is 23.1 Å². The van der Waals surface area contributed by atoms with E-state index in [1.54, 1.807) is 19.3 Å². The highest BCUT2D eigenvalue weighted by molar-refractivity contribution is 6.01. The number of halogens is 3. The number of aryl methyl sites for hydroxylation is 1. The first-order chi connectivity index (χ1) is 14.3. The Morgan fingerprint density at radius 2 is 1.97 bits per heavy atom. The molecule has 9 heteroatoms. The number of fused-ring (bicyclic) bond motifs is 1. The van der Waals surface area contributed by atoms with E-state index < -0.39 is 23.9 Å². The van der Waals surface area contributed by atoms with Crippen molar-refractivity contribution in [2.75, 3.05) is 18.5 Å². The summed E-state index contributed by atoms with van der Waals surface area (Å²) in [5, 5.41) is 14.2. The molecule has 1 aromatic carbocycles. The first-order valence-corrected chi connectivity index (χ1v) is 9.44. The minimum atomic E-state index is -4.43. The van der Waals surface area contributed by atoms with Gasteiger partial charge in [-0.25, -0.2) is 4.98 Å². The van der Waals surface area contributed by atoms with Crippen molar-refractivity contribution in [2.24, 2.45) is 7.05 Å². The fraction of sp³-hybridized carbons (Fsp3) is 0.333. The zero-order chi connectivity index (χ0) is 21.5. The summed E-state index contributed by atoms with van der Waals surface area (Å²) in [5.74, 6) is 0.302. The highest BCUT2D eigenvalue weighted by Crippen LogP contribution is 2.34. The van der Waals surface area contributed by atoms with Crippen molar-refractivity contribution in [2.45, 2.75) is 24.7 Å². The Balaban J connectivity index is 1.81. The summed E-state index contributed by atoms with van der Waals surface area (Å²) in [6.07, 6.45) is -1.48. The van der Waals surface area contributed by atoms with E-state index in [0.29, 0.717) is 40.7 Å². The molecule has 4 rings (SSSR count). The van der Waals surface area contributed by atoms with Crippen LogP contribution in [0.1, 0.15) is 12.0 Å². The third-order valence-corrected chi connectivity index (χ3v) is 5.28. The van der Waals surface area contributed by atoms with E-state index in [0.717, 1.165) is 12.1 Å². The molecule has 3 heterocycles. The van der Waals surface area contributed by atoms with Crippen LogP contribution in [0.4, 0.5) is 19.0 Å². The molecule has 1 saturated heterocycles. The number of nitrogens with one attached hydrogen (secondary N) is 1. The van der Waals surface area contributed by atoms with Gasteiger partial charge in [0, 0.05) is 37.0 Å². The van der Waals surface area contributed by atoms with Crippen LogP contribution >= 0.6 is 0 Å². The SMILES string of the molecule is Cn1ccc2c(-c3ccc(C(F)(F)F)cc3)cnc(N[C@@H]3COCC[C@@H]3O)c2c1=O. The number of pyridine rings is 2. The molecular formula is C21H20F3N3O3. The normalized spacial score (nSPS) is 19.8. The molecule has 0 saturated carbocycles. The molecular weight excluding hydrogens is 399 g/mol. The number of anilines is 1. The second-order valence-corrected chi connectivity index (χ2v) is 7.30. The molecule has 0 aliphatic carbocycles. The zero-order valence-electron chi connectivity index (χ0n) is 16.1. The Hall–Kier alpha value is -2.91. The summed E-state index contributed by atoms with van der Waals surface area (Å²) >= 11 is 0. The number of aliphatic hydroxyl groups is 1. The van der Waals surface area contributed by atoms with Crippen molar-refractivity contribution in [3.05, 3.63) is 58.6 Å². The lowest BCUT2D eigenvalue weighted by Gasteiger charge is -2.29. The van der Waals surface area contributed by atoms with E-state index in [1.165, 1.54) is 22.9 Å². The van der Waals surface area contributed by atoms with Crippen LogP contribution in [-0.4, -0.2) is 40.0 Å². The molecule has 0 amide bonds. The van der Waals surface area contributed by atoms with E-state index in [1.807, 2.05) is 0 Å². The number of rotatable bonds is 3. The molecule has 1 fully saturated rings. The first kappa shape index (κ1) is 20.4. The third-order valence-electron chi connectivity index (χ3n) is 5.28. The summed E-state index contributed by atoms with van der Waals surface area (Å²) in [6.45, 7) is 0.736. The van der Waals surface area contributed by atoms with Crippen LogP contribution in [0.3, 0.4) is 0 Å². The maximum absolute atomic E-state index is 12.9. The van der Waals surface area contributed by atoms with Gasteiger partial charge in [-0.3, -0.25) is 4.79 Å². The summed E-state index contributed by atoms with van der Waals surface area (Å²) in [4.78, 5) is 17.3. The molecule has 1 aliphatic rings. The molecule has 2 N–H and O–H groups in total. The fourth-order valence-corrected chi connectivity index (χ4v) is 3.56. The second kappa shape index (κ2) is 7.73. The van der Waals surface area contributed by atoms with Crippen LogP contribution in [-0.2, 0) is 18.0 Å². The lowest BCUT2D eigenvalue weighted by atomic mass is 9.99. The Bertz CT molecular complexity index is 1130. The van der Waals surface area contributed by atoms with Crippen molar-refractivity contribution in [1.29, 1.82) is 0 Å². The number of benzene rings is 1. The summed E-state index contributed by atoms with van der Waals surface area (Å²) in [6, 6.07) is 6.04. The minimum absolute atomic E-state index is 0.276. The molecule has 2 aromatic heterocycles. The molecule has 0 spiro atoms. The molecule has 158 valence electrons. The van der Waals surface area contributed by atoms with Crippen LogP contribution in [0.25, 0.3) is 21.9 Å². The van der Waals surface area contributed by atoms with Crippen LogP contribution in [0.2, 0.25) is 0 Å². The number of aliphatic hydroxyl groups excluding tert-OH is 1. The van der Waals surface area contributed by atoms with Gasteiger partial charge in [0.2, 0.25) is 0 Å². The molecule has 1 aliphatic heterocycles. The smallest absolute Gasteiger partial charge is 0.391 e. The molecule has 0 bridgehead atoms. The van der Waals surface area contributed by atoms with Crippen molar-refractivity contribution in [3.8, 4) is 11.1 Å². The van der Waals surface area contributed by atoms with Gasteiger partial charge in [0.05, 0.1) is 29.7 Å². The highest BCUT2D eigenvalue weighted by atomic mass is 19.4. The Morgan fingerprint density at radius 1 is 1.23 bits per heavy atom. The Labute approximate surface area is 169 Å². The first-order valence-electron chi connectivity index (χ1n) is 9.44. The lowest BCUT2D eigenvalue weighted by Crippen LogP contribution is -2.42. The summed E-state index contributed by atoms with van der Waals surface area (Å²) in [7, 11) is 1.61. The topological polar surface area (TPSA) is 76.4 Å². The predicted octanol–water partition coefficient (Wildman–Crippen LogP) is 3.18. The summed E-state index contributed by atoms with van der Waals surface area (Å²) < 4.78 is 45.5. The highest BCUT2D eigenvalue weighted by Gasteiger charge is 2.30. The van der Waals surface area contributed by atoms with E-state index >= 15 is 0 Å². The number of hydrogen-bond donors (Lipinski definition) is 2. The van der Waals surface area contributed by atoms with E-state index in [-0.39, 0.29) is 12.2 Å².